The summed E-state index contributed by atoms with van der Waals surface area (Å²) in [7, 11) is 0. The Morgan fingerprint density at radius 3 is 0.914 bits per heavy atom. The first-order chi connectivity index (χ1) is 17.3. The minimum Gasteiger partial charge on any atom is -0.508 e. The molecule has 0 radical (unpaired) electrons. The third kappa shape index (κ3) is 20.9. The van der Waals surface area contributed by atoms with Crippen LogP contribution in [0.1, 0.15) is 179 Å². The molecule has 0 unspecified atom stereocenters. The van der Waals surface area contributed by atoms with E-state index in [2.05, 4.69) is 19.9 Å². The van der Waals surface area contributed by atoms with Crippen molar-refractivity contribution in [1.82, 2.24) is 0 Å². The van der Waals surface area contributed by atoms with Gasteiger partial charge in [0, 0.05) is 0 Å². The zero-order valence-electron chi connectivity index (χ0n) is 24.1. The second kappa shape index (κ2) is 24.7. The number of phenols is 1. The van der Waals surface area contributed by atoms with Gasteiger partial charge in [-0.2, -0.15) is 0 Å². The highest BCUT2D eigenvalue weighted by Gasteiger charge is 2.02. The first kappa shape index (κ1) is 32.0. The SMILES string of the molecule is CCCCCCCCCCCCCCc1cc(O)cc(CCCCCCCCCCCCCC)c1. The van der Waals surface area contributed by atoms with Gasteiger partial charge in [-0.25, -0.2) is 0 Å². The molecule has 1 aromatic rings. The van der Waals surface area contributed by atoms with Crippen LogP contribution in [0.2, 0.25) is 0 Å². The fourth-order valence-corrected chi connectivity index (χ4v) is 5.37. The van der Waals surface area contributed by atoms with Gasteiger partial charge in [-0.3, -0.25) is 0 Å². The van der Waals surface area contributed by atoms with Gasteiger partial charge in [0.25, 0.3) is 0 Å². The molecule has 0 bridgehead atoms. The van der Waals surface area contributed by atoms with Crippen LogP contribution in [0.5, 0.6) is 5.75 Å². The number of phenolic OH excluding ortho intramolecular Hbond substituents is 1. The summed E-state index contributed by atoms with van der Waals surface area (Å²) in [5, 5.41) is 10.2. The quantitative estimate of drug-likeness (QED) is 0.129. The third-order valence-electron chi connectivity index (χ3n) is 7.68. The van der Waals surface area contributed by atoms with Crippen molar-refractivity contribution in [3.8, 4) is 5.75 Å². The van der Waals surface area contributed by atoms with Crippen molar-refractivity contribution >= 4 is 0 Å². The molecule has 0 atom stereocenters. The first-order valence-electron chi connectivity index (χ1n) is 16.1. The molecule has 0 heterocycles. The van der Waals surface area contributed by atoms with Gasteiger partial charge < -0.3 is 5.11 Å². The van der Waals surface area contributed by atoms with E-state index in [9.17, 15) is 5.11 Å². The molecule has 1 rings (SSSR count). The number of aryl methyl sites for hydroxylation is 2. The van der Waals surface area contributed by atoms with Crippen molar-refractivity contribution < 1.29 is 5.11 Å². The van der Waals surface area contributed by atoms with Gasteiger partial charge in [0.2, 0.25) is 0 Å². The van der Waals surface area contributed by atoms with Crippen molar-refractivity contribution in [2.24, 2.45) is 0 Å². The van der Waals surface area contributed by atoms with Gasteiger partial charge in [0.1, 0.15) is 5.75 Å². The lowest BCUT2D eigenvalue weighted by molar-refractivity contribution is 0.473. The Bertz CT molecular complexity index is 517. The maximum Gasteiger partial charge on any atom is 0.116 e. The summed E-state index contributed by atoms with van der Waals surface area (Å²) in [5.41, 5.74) is 2.68. The number of rotatable bonds is 26. The van der Waals surface area contributed by atoms with Crippen LogP contribution in [0.4, 0.5) is 0 Å². The maximum atomic E-state index is 10.2. The maximum absolute atomic E-state index is 10.2. The molecule has 204 valence electrons. The summed E-state index contributed by atoms with van der Waals surface area (Å²) in [5.74, 6) is 0.468. The second-order valence-corrected chi connectivity index (χ2v) is 11.3. The largest absolute Gasteiger partial charge is 0.508 e. The Kier molecular flexibility index (Phi) is 22.6. The van der Waals surface area contributed by atoms with Crippen molar-refractivity contribution in [1.29, 1.82) is 0 Å². The van der Waals surface area contributed by atoms with Gasteiger partial charge in [-0.15, -0.1) is 0 Å². The molecule has 0 spiro atoms. The molecule has 0 fully saturated rings. The number of benzene rings is 1. The van der Waals surface area contributed by atoms with E-state index in [-0.39, 0.29) is 0 Å². The number of hydrogen-bond donors (Lipinski definition) is 1. The molecular weight excluding hydrogens is 424 g/mol. The highest BCUT2D eigenvalue weighted by Crippen LogP contribution is 2.21. The average molecular weight is 487 g/mol. The van der Waals surface area contributed by atoms with Crippen LogP contribution in [-0.2, 0) is 12.8 Å². The van der Waals surface area contributed by atoms with Crippen molar-refractivity contribution in [2.45, 2.75) is 181 Å². The van der Waals surface area contributed by atoms with Gasteiger partial charge in [0.05, 0.1) is 0 Å². The van der Waals surface area contributed by atoms with Crippen LogP contribution in [0.3, 0.4) is 0 Å². The zero-order chi connectivity index (χ0) is 25.2. The molecular formula is C34H62O. The van der Waals surface area contributed by atoms with E-state index in [1.165, 1.54) is 165 Å². The summed E-state index contributed by atoms with van der Waals surface area (Å²) in [6.45, 7) is 4.58. The fourth-order valence-electron chi connectivity index (χ4n) is 5.37. The monoisotopic (exact) mass is 486 g/mol. The lowest BCUT2D eigenvalue weighted by Gasteiger charge is -2.08. The minimum absolute atomic E-state index is 0.468. The van der Waals surface area contributed by atoms with Gasteiger partial charge in [-0.1, -0.05) is 161 Å². The Morgan fingerprint density at radius 2 is 0.629 bits per heavy atom. The summed E-state index contributed by atoms with van der Waals surface area (Å²) >= 11 is 0. The molecule has 0 aliphatic rings. The van der Waals surface area contributed by atoms with Crippen LogP contribution in [0.15, 0.2) is 18.2 Å². The number of unbranched alkanes of at least 4 members (excludes halogenated alkanes) is 22. The zero-order valence-corrected chi connectivity index (χ0v) is 24.1. The standard InChI is InChI=1S/C34H62O/c1-3-5-7-9-11-13-15-17-19-21-23-25-27-32-29-33(31-34(35)30-32)28-26-24-22-20-18-16-14-12-10-8-6-4-2/h29-31,35H,3-28H2,1-2H3. The van der Waals surface area contributed by atoms with E-state index in [4.69, 9.17) is 0 Å². The normalized spacial score (nSPS) is 11.4. The molecule has 1 N–H and O–H groups in total. The summed E-state index contributed by atoms with van der Waals surface area (Å²) < 4.78 is 0. The fraction of sp³-hybridized carbons (Fsp3) is 0.824. The molecule has 1 nitrogen and oxygen atoms in total. The lowest BCUT2D eigenvalue weighted by atomic mass is 9.99. The number of aromatic hydroxyl groups is 1. The molecule has 0 aromatic heterocycles. The number of hydrogen-bond acceptors (Lipinski definition) is 1. The topological polar surface area (TPSA) is 20.2 Å². The van der Waals surface area contributed by atoms with E-state index < -0.39 is 0 Å². The predicted octanol–water partition coefficient (Wildman–Crippen LogP) is 11.9. The Hall–Kier alpha value is -0.980. The highest BCUT2D eigenvalue weighted by molar-refractivity contribution is 5.33. The smallest absolute Gasteiger partial charge is 0.116 e. The molecule has 1 heteroatoms. The Morgan fingerprint density at radius 1 is 0.371 bits per heavy atom. The van der Waals surface area contributed by atoms with Crippen LogP contribution < -0.4 is 0 Å². The van der Waals surface area contributed by atoms with Crippen molar-refractivity contribution in [3.63, 3.8) is 0 Å². The summed E-state index contributed by atoms with van der Waals surface area (Å²) in [6.07, 6.45) is 35.8. The second-order valence-electron chi connectivity index (χ2n) is 11.3. The third-order valence-corrected chi connectivity index (χ3v) is 7.68. The average Bonchev–Trinajstić information content (AvgIpc) is 2.85. The van der Waals surface area contributed by atoms with Crippen LogP contribution >= 0.6 is 0 Å². The van der Waals surface area contributed by atoms with E-state index in [0.717, 1.165) is 12.8 Å². The van der Waals surface area contributed by atoms with Crippen LogP contribution in [0, 0.1) is 0 Å². The Balaban J connectivity index is 1.99. The minimum atomic E-state index is 0.468. The van der Waals surface area contributed by atoms with E-state index in [1.807, 2.05) is 12.1 Å². The molecule has 0 aliphatic carbocycles. The molecule has 0 aliphatic heterocycles. The molecule has 0 saturated heterocycles. The highest BCUT2D eigenvalue weighted by atomic mass is 16.3. The summed E-state index contributed by atoms with van der Waals surface area (Å²) in [6, 6.07) is 6.34. The van der Waals surface area contributed by atoms with E-state index in [1.54, 1.807) is 0 Å². The van der Waals surface area contributed by atoms with Crippen molar-refractivity contribution in [3.05, 3.63) is 29.3 Å². The van der Waals surface area contributed by atoms with E-state index in [0.29, 0.717) is 5.75 Å². The lowest BCUT2D eigenvalue weighted by Crippen LogP contribution is -1.92. The Labute approximate surface area is 220 Å². The van der Waals surface area contributed by atoms with Crippen LogP contribution in [0.25, 0.3) is 0 Å². The first-order valence-corrected chi connectivity index (χ1v) is 16.1. The predicted molar refractivity (Wildman–Crippen MR) is 158 cm³/mol. The molecule has 35 heavy (non-hydrogen) atoms. The molecule has 0 saturated carbocycles. The van der Waals surface area contributed by atoms with Crippen LogP contribution in [-0.4, -0.2) is 5.11 Å². The molecule has 0 amide bonds. The summed E-state index contributed by atoms with van der Waals surface area (Å²) in [4.78, 5) is 0. The van der Waals surface area contributed by atoms with E-state index >= 15 is 0 Å². The van der Waals surface area contributed by atoms with Crippen molar-refractivity contribution in [2.75, 3.05) is 0 Å². The van der Waals surface area contributed by atoms with Gasteiger partial charge >= 0.3 is 0 Å². The van der Waals surface area contributed by atoms with Gasteiger partial charge in [-0.05, 0) is 48.9 Å². The van der Waals surface area contributed by atoms with Gasteiger partial charge in [0.15, 0.2) is 0 Å². The molecule has 1 aromatic carbocycles.